The number of unbranched alkanes of at least 4 members (excludes halogenated alkanes) is 1. The van der Waals surface area contributed by atoms with Crippen LogP contribution in [-0.4, -0.2) is 50.1 Å². The molecular weight excluding hydrogens is 572 g/mol. The molecule has 0 fully saturated rings. The number of carbonyl (C=O) groups is 5. The van der Waals surface area contributed by atoms with Gasteiger partial charge in [0, 0.05) is 61.9 Å². The molecule has 0 bridgehead atoms. The normalized spacial score (nSPS) is 10.5. The first-order valence-corrected chi connectivity index (χ1v) is 13.3. The molecule has 0 spiro atoms. The van der Waals surface area contributed by atoms with Gasteiger partial charge in [-0.2, -0.15) is 0 Å². The van der Waals surface area contributed by atoms with E-state index < -0.39 is 0 Å². The minimum absolute atomic E-state index is 0.00456. The van der Waals surface area contributed by atoms with Gasteiger partial charge in [0.2, 0.25) is 11.8 Å². The summed E-state index contributed by atoms with van der Waals surface area (Å²) in [4.78, 5) is 60.9. The van der Waals surface area contributed by atoms with Gasteiger partial charge in [0.15, 0.2) is 5.78 Å². The van der Waals surface area contributed by atoms with Crippen LogP contribution in [0.5, 0.6) is 0 Å². The number of amides is 2. The molecule has 0 radical (unpaired) electrons. The van der Waals surface area contributed by atoms with E-state index in [-0.39, 0.29) is 68.0 Å². The summed E-state index contributed by atoms with van der Waals surface area (Å²) in [6.45, 7) is -0.171. The van der Waals surface area contributed by atoms with Crippen LogP contribution in [0.25, 0.3) is 0 Å². The Balaban J connectivity index is 2.31. The summed E-state index contributed by atoms with van der Waals surface area (Å²) in [6, 6.07) is 5.87. The number of rotatable bonds is 16. The van der Waals surface area contributed by atoms with Gasteiger partial charge in [-0.15, -0.1) is 0 Å². The Labute approximate surface area is 217 Å². The average Bonchev–Trinajstić information content (AvgIpc) is 2.85. The quantitative estimate of drug-likeness (QED) is 0.174. The average molecular weight is 604 g/mol. The van der Waals surface area contributed by atoms with E-state index in [0.717, 1.165) is 16.8 Å². The molecule has 0 aliphatic carbocycles. The lowest BCUT2D eigenvalue weighted by atomic mass is 10.1. The molecule has 8 nitrogen and oxygen atoms in total. The van der Waals surface area contributed by atoms with E-state index in [1.165, 1.54) is 12.0 Å². The van der Waals surface area contributed by atoms with Crippen LogP contribution >= 0.6 is 31.9 Å². The summed E-state index contributed by atoms with van der Waals surface area (Å²) in [5.74, 6) is -1.19. The molecule has 0 aliphatic heterocycles. The lowest BCUT2D eigenvalue weighted by Gasteiger charge is -2.19. The van der Waals surface area contributed by atoms with Crippen LogP contribution in [0.15, 0.2) is 18.2 Å². The number of halogens is 2. The Kier molecular flexibility index (Phi) is 14.6. The SMILES string of the molecule is COC(=O)CCCCC(=O)CCC(=O)NCC(=O)CCC(=O)N(C)c1cc(CBr)cc(CBr)c1. The summed E-state index contributed by atoms with van der Waals surface area (Å²) in [5.41, 5.74) is 2.85. The molecule has 0 saturated heterocycles. The first-order chi connectivity index (χ1) is 16.2. The van der Waals surface area contributed by atoms with E-state index >= 15 is 0 Å². The fourth-order valence-corrected chi connectivity index (χ4v) is 3.74. The third-order valence-corrected chi connectivity index (χ3v) is 6.45. The van der Waals surface area contributed by atoms with Gasteiger partial charge in [-0.05, 0) is 36.1 Å². The Morgan fingerprint density at radius 2 is 1.41 bits per heavy atom. The number of ether oxygens (including phenoxy) is 1. The number of alkyl halides is 2. The maximum Gasteiger partial charge on any atom is 0.305 e. The van der Waals surface area contributed by atoms with Gasteiger partial charge in [-0.25, -0.2) is 0 Å². The zero-order valence-electron chi connectivity index (χ0n) is 19.7. The molecule has 0 unspecified atom stereocenters. The van der Waals surface area contributed by atoms with E-state index in [0.29, 0.717) is 29.9 Å². The number of hydrogen-bond acceptors (Lipinski definition) is 6. The summed E-state index contributed by atoms with van der Waals surface area (Å²) >= 11 is 6.86. The van der Waals surface area contributed by atoms with Gasteiger partial charge in [0.25, 0.3) is 0 Å². The molecule has 1 N–H and O–H groups in total. The summed E-state index contributed by atoms with van der Waals surface area (Å²) in [5, 5.41) is 3.84. The molecule has 1 aromatic carbocycles. The molecule has 1 aromatic rings. The minimum atomic E-state index is -0.381. The number of anilines is 1. The van der Waals surface area contributed by atoms with E-state index in [1.807, 2.05) is 18.2 Å². The lowest BCUT2D eigenvalue weighted by molar-refractivity contribution is -0.140. The van der Waals surface area contributed by atoms with Gasteiger partial charge in [0.05, 0.1) is 13.7 Å². The predicted molar refractivity (Wildman–Crippen MR) is 137 cm³/mol. The zero-order chi connectivity index (χ0) is 25.5. The number of Topliss-reactive ketones (excluding diaryl/α,β-unsaturated/α-hetero) is 2. The number of methoxy groups -OCH3 is 1. The van der Waals surface area contributed by atoms with Crippen molar-refractivity contribution in [3.05, 3.63) is 29.3 Å². The van der Waals surface area contributed by atoms with Crippen molar-refractivity contribution in [2.45, 2.75) is 62.0 Å². The predicted octanol–water partition coefficient (Wildman–Crippen LogP) is 3.99. The Hall–Kier alpha value is -2.07. The zero-order valence-corrected chi connectivity index (χ0v) is 22.8. The van der Waals surface area contributed by atoms with Crippen molar-refractivity contribution >= 4 is 66.9 Å². The van der Waals surface area contributed by atoms with Gasteiger partial charge < -0.3 is 15.0 Å². The Bertz CT molecular complexity index is 853. The minimum Gasteiger partial charge on any atom is -0.469 e. The number of carbonyl (C=O) groups excluding carboxylic acids is 5. The molecule has 2 amide bonds. The smallest absolute Gasteiger partial charge is 0.305 e. The molecule has 10 heteroatoms. The van der Waals surface area contributed by atoms with Crippen LogP contribution in [0.4, 0.5) is 5.69 Å². The van der Waals surface area contributed by atoms with Crippen LogP contribution < -0.4 is 10.2 Å². The van der Waals surface area contributed by atoms with Gasteiger partial charge >= 0.3 is 5.97 Å². The van der Waals surface area contributed by atoms with Crippen molar-refractivity contribution in [1.29, 1.82) is 0 Å². The highest BCUT2D eigenvalue weighted by atomic mass is 79.9. The molecule has 0 heterocycles. The lowest BCUT2D eigenvalue weighted by Crippen LogP contribution is -2.31. The molecule has 1 rings (SSSR count). The maximum absolute atomic E-state index is 12.5. The highest BCUT2D eigenvalue weighted by molar-refractivity contribution is 9.08. The molecule has 0 saturated carbocycles. The molecule has 0 atom stereocenters. The van der Waals surface area contributed by atoms with Crippen molar-refractivity contribution in [2.24, 2.45) is 0 Å². The number of esters is 1. The van der Waals surface area contributed by atoms with Crippen molar-refractivity contribution in [2.75, 3.05) is 25.6 Å². The largest absolute Gasteiger partial charge is 0.469 e. The highest BCUT2D eigenvalue weighted by Gasteiger charge is 2.15. The van der Waals surface area contributed by atoms with Crippen molar-refractivity contribution in [1.82, 2.24) is 5.32 Å². The second-order valence-electron chi connectivity index (χ2n) is 7.87. The molecular formula is C24H32Br2N2O6. The van der Waals surface area contributed by atoms with Gasteiger partial charge in [0.1, 0.15) is 5.78 Å². The van der Waals surface area contributed by atoms with Crippen LogP contribution in [0, 0.1) is 0 Å². The number of nitrogens with zero attached hydrogens (tertiary/aromatic N) is 1. The molecule has 0 aliphatic rings. The van der Waals surface area contributed by atoms with E-state index in [2.05, 4.69) is 41.9 Å². The number of hydrogen-bond donors (Lipinski definition) is 1. The van der Waals surface area contributed by atoms with Crippen LogP contribution in [-0.2, 0) is 39.4 Å². The van der Waals surface area contributed by atoms with Crippen molar-refractivity contribution in [3.8, 4) is 0 Å². The number of ketones is 2. The third kappa shape index (κ3) is 11.9. The molecule has 188 valence electrons. The van der Waals surface area contributed by atoms with Crippen LogP contribution in [0.1, 0.15) is 62.5 Å². The van der Waals surface area contributed by atoms with E-state index in [1.54, 1.807) is 7.05 Å². The van der Waals surface area contributed by atoms with Crippen molar-refractivity contribution < 1.29 is 28.7 Å². The number of nitrogens with one attached hydrogen (secondary N) is 1. The van der Waals surface area contributed by atoms with E-state index in [9.17, 15) is 24.0 Å². The Morgan fingerprint density at radius 1 is 0.824 bits per heavy atom. The second kappa shape index (κ2) is 16.5. The summed E-state index contributed by atoms with van der Waals surface area (Å²) in [7, 11) is 2.99. The maximum atomic E-state index is 12.5. The second-order valence-corrected chi connectivity index (χ2v) is 8.99. The monoisotopic (exact) mass is 602 g/mol. The summed E-state index contributed by atoms with van der Waals surface area (Å²) in [6.07, 6.45) is 1.85. The fourth-order valence-electron chi connectivity index (χ4n) is 3.09. The first kappa shape index (κ1) is 30.0. The van der Waals surface area contributed by atoms with Gasteiger partial charge in [-0.1, -0.05) is 37.9 Å². The first-order valence-electron chi connectivity index (χ1n) is 11.1. The molecule has 34 heavy (non-hydrogen) atoms. The van der Waals surface area contributed by atoms with Crippen molar-refractivity contribution in [3.63, 3.8) is 0 Å². The Morgan fingerprint density at radius 3 is 2.00 bits per heavy atom. The topological polar surface area (TPSA) is 110 Å². The fraction of sp³-hybridized carbons (Fsp3) is 0.542. The van der Waals surface area contributed by atoms with Crippen LogP contribution in [0.3, 0.4) is 0 Å². The summed E-state index contributed by atoms with van der Waals surface area (Å²) < 4.78 is 4.53. The standard InChI is InChI=1S/C24H32Br2N2O6/c1-28(19-12-17(14-25)11-18(13-19)15-26)23(32)10-8-21(30)16-27-22(31)9-7-20(29)5-3-4-6-24(33)34-2/h11-13H,3-10,14-16H2,1-2H3,(H,27,31). The molecule has 0 aromatic heterocycles. The number of benzene rings is 1. The van der Waals surface area contributed by atoms with Crippen LogP contribution in [0.2, 0.25) is 0 Å². The third-order valence-electron chi connectivity index (χ3n) is 5.15. The van der Waals surface area contributed by atoms with E-state index in [4.69, 9.17) is 0 Å². The van der Waals surface area contributed by atoms with Gasteiger partial charge in [-0.3, -0.25) is 24.0 Å². The highest BCUT2D eigenvalue weighted by Crippen LogP contribution is 2.22.